The molecule has 10 nitrogen and oxygen atoms in total. The number of anilines is 5. The Balaban J connectivity index is 1.49. The Morgan fingerprint density at radius 1 is 0.951 bits per heavy atom. The van der Waals surface area contributed by atoms with Crippen molar-refractivity contribution in [3.63, 3.8) is 0 Å². The highest BCUT2D eigenvalue weighted by molar-refractivity contribution is 7.81. The minimum absolute atomic E-state index is 0.0588. The molecule has 2 N–H and O–H groups in total. The maximum Gasteiger partial charge on any atom is 0.224 e. The van der Waals surface area contributed by atoms with E-state index in [-0.39, 0.29) is 17.5 Å². The number of aromatic nitrogens is 2. The molecule has 214 valence electrons. The zero-order chi connectivity index (χ0) is 28.8. The number of fused-ring (bicyclic) bond motifs is 1. The van der Waals surface area contributed by atoms with E-state index in [1.54, 1.807) is 74.9 Å². The molecule has 0 spiro atoms. The average molecular weight is 575 g/mol. The van der Waals surface area contributed by atoms with E-state index in [9.17, 15) is 13.6 Å². The van der Waals surface area contributed by atoms with Gasteiger partial charge in [0.25, 0.3) is 0 Å². The lowest BCUT2D eigenvalue weighted by Crippen LogP contribution is -2.23. The van der Waals surface area contributed by atoms with Crippen LogP contribution in [-0.2, 0) is 16.1 Å². The Kier molecular flexibility index (Phi) is 8.95. The van der Waals surface area contributed by atoms with Crippen LogP contribution in [-0.4, -0.2) is 38.9 Å². The molecule has 1 saturated carbocycles. The van der Waals surface area contributed by atoms with Crippen LogP contribution in [0.3, 0.4) is 0 Å². The van der Waals surface area contributed by atoms with Crippen molar-refractivity contribution in [1.29, 1.82) is 0 Å². The summed E-state index contributed by atoms with van der Waals surface area (Å²) in [6, 6.07) is 19.1. The number of ether oxygens (including phenoxy) is 2. The van der Waals surface area contributed by atoms with Gasteiger partial charge in [-0.25, -0.2) is 9.97 Å². The van der Waals surface area contributed by atoms with E-state index in [0.717, 1.165) is 10.7 Å². The lowest BCUT2D eigenvalue weighted by atomic mass is 10.0. The summed E-state index contributed by atoms with van der Waals surface area (Å²) >= 11 is -2.78. The molecule has 1 atom stereocenters. The lowest BCUT2D eigenvalue weighted by molar-refractivity contribution is -0.116. The summed E-state index contributed by atoms with van der Waals surface area (Å²) < 4.78 is 37.3. The number of rotatable bonds is 11. The summed E-state index contributed by atoms with van der Waals surface area (Å²) in [4.78, 5) is 22.0. The molecular weight excluding hydrogens is 542 g/mol. The lowest BCUT2D eigenvalue weighted by Gasteiger charge is -2.27. The van der Waals surface area contributed by atoms with Crippen molar-refractivity contribution in [2.24, 2.45) is 5.92 Å². The van der Waals surface area contributed by atoms with Crippen molar-refractivity contribution in [3.05, 3.63) is 66.7 Å². The number of benzene rings is 3. The Bertz CT molecular complexity index is 1540. The smallest absolute Gasteiger partial charge is 0.224 e. The van der Waals surface area contributed by atoms with E-state index < -0.39 is 11.3 Å². The van der Waals surface area contributed by atoms with Crippen LogP contribution in [0.15, 0.2) is 66.7 Å². The third-order valence-electron chi connectivity index (χ3n) is 7.13. The van der Waals surface area contributed by atoms with Gasteiger partial charge in [-0.2, -0.15) is 0 Å². The first-order valence-corrected chi connectivity index (χ1v) is 14.5. The molecule has 3 aromatic carbocycles. The van der Waals surface area contributed by atoms with Crippen LogP contribution < -0.4 is 24.4 Å². The zero-order valence-corrected chi connectivity index (χ0v) is 23.8. The SMILES string of the molecule is COc1cc(Nc2nc3ccccc3nc2N(c2cccc(NC(=O)CCC3CCCC3)c2)S(=O)[O-])cc(OC)c1. The van der Waals surface area contributed by atoms with Gasteiger partial charge in [-0.3, -0.25) is 13.3 Å². The van der Waals surface area contributed by atoms with Gasteiger partial charge in [0.05, 0.1) is 42.2 Å². The highest BCUT2D eigenvalue weighted by atomic mass is 32.2. The number of methoxy groups -OCH3 is 2. The highest BCUT2D eigenvalue weighted by Crippen LogP contribution is 2.36. The first-order valence-electron chi connectivity index (χ1n) is 13.5. The van der Waals surface area contributed by atoms with Crippen LogP contribution in [0.5, 0.6) is 11.5 Å². The molecule has 0 radical (unpaired) electrons. The van der Waals surface area contributed by atoms with Crippen molar-refractivity contribution >= 4 is 56.9 Å². The van der Waals surface area contributed by atoms with Crippen LogP contribution in [0, 0.1) is 5.92 Å². The number of nitrogens with zero attached hydrogens (tertiary/aromatic N) is 3. The van der Waals surface area contributed by atoms with Gasteiger partial charge in [-0.05, 0) is 42.7 Å². The summed E-state index contributed by atoms with van der Waals surface area (Å²) in [7, 11) is 3.09. The molecule has 1 unspecified atom stereocenters. The van der Waals surface area contributed by atoms with E-state index in [0.29, 0.717) is 51.9 Å². The van der Waals surface area contributed by atoms with Gasteiger partial charge in [0.2, 0.25) is 5.91 Å². The van der Waals surface area contributed by atoms with Gasteiger partial charge in [0, 0.05) is 36.0 Å². The minimum Gasteiger partial charge on any atom is -0.755 e. The number of carbonyl (C=O) groups is 1. The second-order valence-corrected chi connectivity index (χ2v) is 10.7. The van der Waals surface area contributed by atoms with E-state index in [1.165, 1.54) is 25.7 Å². The van der Waals surface area contributed by atoms with Gasteiger partial charge in [-0.1, -0.05) is 43.9 Å². The molecule has 1 amide bonds. The van der Waals surface area contributed by atoms with E-state index in [2.05, 4.69) is 15.6 Å². The number of carbonyl (C=O) groups excluding carboxylic acids is 1. The normalized spacial score (nSPS) is 14.0. The van der Waals surface area contributed by atoms with Crippen LogP contribution in [0.4, 0.5) is 28.7 Å². The first-order chi connectivity index (χ1) is 19.9. The quantitative estimate of drug-likeness (QED) is 0.202. The molecule has 11 heteroatoms. The Morgan fingerprint density at radius 2 is 1.63 bits per heavy atom. The molecule has 1 aromatic heterocycles. The Hall–Kier alpha value is -4.22. The number of hydrogen-bond acceptors (Lipinski definition) is 8. The summed E-state index contributed by atoms with van der Waals surface area (Å²) in [5.74, 6) is 1.86. The molecule has 0 aliphatic heterocycles. The van der Waals surface area contributed by atoms with Gasteiger partial charge in [-0.15, -0.1) is 0 Å². The molecule has 1 heterocycles. The molecule has 4 aromatic rings. The summed E-state index contributed by atoms with van der Waals surface area (Å²) in [5.41, 5.74) is 2.45. The van der Waals surface area contributed by atoms with Crippen molar-refractivity contribution in [3.8, 4) is 11.5 Å². The molecular formula is C30H32N5O5S-. The molecule has 1 fully saturated rings. The number of para-hydroxylation sites is 2. The summed E-state index contributed by atoms with van der Waals surface area (Å²) in [5, 5.41) is 6.11. The van der Waals surface area contributed by atoms with Gasteiger partial charge >= 0.3 is 0 Å². The maximum absolute atomic E-state index is 12.7. The largest absolute Gasteiger partial charge is 0.755 e. The number of hydrogen-bond donors (Lipinski definition) is 2. The minimum atomic E-state index is -2.78. The molecule has 41 heavy (non-hydrogen) atoms. The molecule has 1 aliphatic carbocycles. The fourth-order valence-electron chi connectivity index (χ4n) is 5.08. The van der Waals surface area contributed by atoms with Gasteiger partial charge in [0.15, 0.2) is 11.6 Å². The standard InChI is InChI=1S/C30H33N5O5S/c1-39-24-17-22(18-25(19-24)40-2)32-29-30(34-27-13-6-5-12-26(27)33-29)35(41(37)38)23-11-7-10-21(16-23)31-28(36)15-14-20-8-3-4-9-20/h5-7,10-13,16-20H,3-4,8-9,14-15H2,1-2H3,(H,31,36)(H,32,33)(H,37,38)/p-1. The molecule has 1 aliphatic rings. The van der Waals surface area contributed by atoms with Crippen molar-refractivity contribution < 1.29 is 23.0 Å². The fraction of sp³-hybridized carbons (Fsp3) is 0.300. The van der Waals surface area contributed by atoms with Crippen LogP contribution in [0.1, 0.15) is 38.5 Å². The fourth-order valence-corrected chi connectivity index (χ4v) is 5.63. The van der Waals surface area contributed by atoms with E-state index in [1.807, 2.05) is 6.07 Å². The molecule has 0 saturated heterocycles. The third kappa shape index (κ3) is 6.93. The second kappa shape index (κ2) is 13.0. The Labute approximate surface area is 241 Å². The number of amides is 1. The Morgan fingerprint density at radius 3 is 2.29 bits per heavy atom. The maximum atomic E-state index is 12.7. The average Bonchev–Trinajstić information content (AvgIpc) is 3.50. The van der Waals surface area contributed by atoms with Crippen LogP contribution >= 0.6 is 0 Å². The van der Waals surface area contributed by atoms with Crippen LogP contribution in [0.2, 0.25) is 0 Å². The van der Waals surface area contributed by atoms with E-state index >= 15 is 0 Å². The third-order valence-corrected chi connectivity index (χ3v) is 7.81. The predicted molar refractivity (Wildman–Crippen MR) is 160 cm³/mol. The van der Waals surface area contributed by atoms with E-state index in [4.69, 9.17) is 14.5 Å². The first kappa shape index (κ1) is 28.3. The number of nitrogens with one attached hydrogen (secondary N) is 2. The van der Waals surface area contributed by atoms with Crippen molar-refractivity contribution in [1.82, 2.24) is 9.97 Å². The summed E-state index contributed by atoms with van der Waals surface area (Å²) in [6.45, 7) is 0. The van der Waals surface area contributed by atoms with Gasteiger partial charge < -0.3 is 24.7 Å². The predicted octanol–water partition coefficient (Wildman–Crippen LogP) is 6.23. The second-order valence-electron chi connectivity index (χ2n) is 9.91. The summed E-state index contributed by atoms with van der Waals surface area (Å²) in [6.07, 6.45) is 6.11. The van der Waals surface area contributed by atoms with Gasteiger partial charge in [0.1, 0.15) is 11.5 Å². The molecule has 0 bridgehead atoms. The van der Waals surface area contributed by atoms with Crippen molar-refractivity contribution in [2.45, 2.75) is 38.5 Å². The van der Waals surface area contributed by atoms with Crippen LogP contribution in [0.25, 0.3) is 11.0 Å². The zero-order valence-electron chi connectivity index (χ0n) is 23.0. The monoisotopic (exact) mass is 574 g/mol. The topological polar surface area (TPSA) is 129 Å². The van der Waals surface area contributed by atoms with Crippen molar-refractivity contribution in [2.75, 3.05) is 29.2 Å². The highest BCUT2D eigenvalue weighted by Gasteiger charge is 2.21. The molecule has 5 rings (SSSR count).